The number of amides is 1. The molecule has 1 N–H and O–H groups in total. The lowest BCUT2D eigenvalue weighted by atomic mass is 10.2. The van der Waals surface area contributed by atoms with Crippen LogP contribution in [-0.2, 0) is 16.0 Å². The minimum absolute atomic E-state index is 0.110. The van der Waals surface area contributed by atoms with Gasteiger partial charge in [0.2, 0.25) is 5.91 Å². The number of nitrogens with one attached hydrogen (secondary N) is 1. The molecule has 1 aromatic carbocycles. The largest absolute Gasteiger partial charge is 0.465 e. The number of ether oxygens (including phenoxy) is 1. The van der Waals surface area contributed by atoms with Gasteiger partial charge in [0.1, 0.15) is 0 Å². The maximum absolute atomic E-state index is 11.9. The maximum atomic E-state index is 11.9. The van der Waals surface area contributed by atoms with Gasteiger partial charge in [-0.15, -0.1) is 11.3 Å². The molecule has 4 nitrogen and oxygen atoms in total. The molecule has 0 aliphatic carbocycles. The quantitative estimate of drug-likeness (QED) is 0.852. The SMILES string of the molecule is COC(=O)c1cc(NC(=O)CCc2cccs2)ccc1Cl. The molecule has 0 fully saturated rings. The molecule has 0 bridgehead atoms. The van der Waals surface area contributed by atoms with Crippen LogP contribution in [0.15, 0.2) is 35.7 Å². The minimum Gasteiger partial charge on any atom is -0.465 e. The summed E-state index contributed by atoms with van der Waals surface area (Å²) < 4.78 is 4.64. The van der Waals surface area contributed by atoms with Crippen LogP contribution in [0, 0.1) is 0 Å². The Labute approximate surface area is 131 Å². The normalized spacial score (nSPS) is 10.2. The summed E-state index contributed by atoms with van der Waals surface area (Å²) in [7, 11) is 1.28. The minimum atomic E-state index is -0.533. The highest BCUT2D eigenvalue weighted by molar-refractivity contribution is 7.09. The fourth-order valence-electron chi connectivity index (χ4n) is 1.78. The van der Waals surface area contributed by atoms with Crippen molar-refractivity contribution in [3.8, 4) is 0 Å². The number of anilines is 1. The van der Waals surface area contributed by atoms with E-state index in [4.69, 9.17) is 11.6 Å². The van der Waals surface area contributed by atoms with Crippen molar-refractivity contribution in [3.05, 3.63) is 51.2 Å². The maximum Gasteiger partial charge on any atom is 0.339 e. The second-order valence-corrected chi connectivity index (χ2v) is 5.75. The third kappa shape index (κ3) is 4.31. The van der Waals surface area contributed by atoms with E-state index in [-0.39, 0.29) is 11.5 Å². The second kappa shape index (κ2) is 7.24. The second-order valence-electron chi connectivity index (χ2n) is 4.31. The molecule has 110 valence electrons. The van der Waals surface area contributed by atoms with Gasteiger partial charge in [-0.25, -0.2) is 4.79 Å². The molecule has 0 saturated heterocycles. The molecule has 0 aliphatic rings. The van der Waals surface area contributed by atoms with Crippen molar-refractivity contribution < 1.29 is 14.3 Å². The predicted octanol–water partition coefficient (Wildman–Crippen LogP) is 3.76. The first-order chi connectivity index (χ1) is 10.1. The highest BCUT2D eigenvalue weighted by atomic mass is 35.5. The summed E-state index contributed by atoms with van der Waals surface area (Å²) >= 11 is 7.55. The van der Waals surface area contributed by atoms with Crippen LogP contribution in [0.1, 0.15) is 21.7 Å². The number of benzene rings is 1. The zero-order chi connectivity index (χ0) is 15.2. The number of esters is 1. The van der Waals surface area contributed by atoms with Gasteiger partial charge in [-0.05, 0) is 36.1 Å². The van der Waals surface area contributed by atoms with Gasteiger partial charge in [0.15, 0.2) is 0 Å². The Morgan fingerprint density at radius 1 is 1.33 bits per heavy atom. The van der Waals surface area contributed by atoms with Crippen molar-refractivity contribution in [2.24, 2.45) is 0 Å². The van der Waals surface area contributed by atoms with Gasteiger partial charge in [0, 0.05) is 17.0 Å². The van der Waals surface area contributed by atoms with Crippen molar-refractivity contribution in [1.29, 1.82) is 0 Å². The molecule has 0 atom stereocenters. The third-order valence-electron chi connectivity index (χ3n) is 2.83. The standard InChI is InChI=1S/C15H14ClNO3S/c1-20-15(19)12-9-10(4-6-13(12)16)17-14(18)7-5-11-3-2-8-21-11/h2-4,6,8-9H,5,7H2,1H3,(H,17,18). The number of aryl methyl sites for hydroxylation is 1. The Morgan fingerprint density at radius 3 is 2.81 bits per heavy atom. The summed E-state index contributed by atoms with van der Waals surface area (Å²) in [6, 6.07) is 8.67. The van der Waals surface area contributed by atoms with E-state index in [1.165, 1.54) is 13.2 Å². The van der Waals surface area contributed by atoms with Crippen LogP contribution in [0.5, 0.6) is 0 Å². The number of hydrogen-bond acceptors (Lipinski definition) is 4. The Balaban J connectivity index is 1.99. The topological polar surface area (TPSA) is 55.4 Å². The van der Waals surface area contributed by atoms with E-state index in [2.05, 4.69) is 10.1 Å². The van der Waals surface area contributed by atoms with Gasteiger partial charge in [0.05, 0.1) is 17.7 Å². The fraction of sp³-hybridized carbons (Fsp3) is 0.200. The average Bonchev–Trinajstić information content (AvgIpc) is 2.99. The molecule has 2 rings (SSSR count). The fourth-order valence-corrected chi connectivity index (χ4v) is 2.69. The van der Waals surface area contributed by atoms with E-state index >= 15 is 0 Å². The van der Waals surface area contributed by atoms with Gasteiger partial charge >= 0.3 is 5.97 Å². The molecule has 0 aliphatic heterocycles. The Morgan fingerprint density at radius 2 is 2.14 bits per heavy atom. The van der Waals surface area contributed by atoms with Gasteiger partial charge in [-0.1, -0.05) is 17.7 Å². The number of hydrogen-bond donors (Lipinski definition) is 1. The first kappa shape index (κ1) is 15.5. The molecule has 1 amide bonds. The summed E-state index contributed by atoms with van der Waals surface area (Å²) in [5.74, 6) is -0.642. The van der Waals surface area contributed by atoms with Crippen LogP contribution in [0.25, 0.3) is 0 Å². The van der Waals surface area contributed by atoms with Crippen molar-refractivity contribution in [1.82, 2.24) is 0 Å². The van der Waals surface area contributed by atoms with E-state index in [1.54, 1.807) is 23.5 Å². The Hall–Kier alpha value is -1.85. The van der Waals surface area contributed by atoms with Gasteiger partial charge in [-0.2, -0.15) is 0 Å². The average molecular weight is 324 g/mol. The summed E-state index contributed by atoms with van der Waals surface area (Å²) in [5.41, 5.74) is 0.756. The van der Waals surface area contributed by atoms with Crippen molar-refractivity contribution in [3.63, 3.8) is 0 Å². The number of carbonyl (C=O) groups is 2. The highest BCUT2D eigenvalue weighted by Gasteiger charge is 2.12. The van der Waals surface area contributed by atoms with E-state index < -0.39 is 5.97 Å². The van der Waals surface area contributed by atoms with Crippen molar-refractivity contribution >= 4 is 40.5 Å². The number of carbonyl (C=O) groups excluding carboxylic acids is 2. The Kier molecular flexibility index (Phi) is 5.36. The zero-order valence-electron chi connectivity index (χ0n) is 11.4. The van der Waals surface area contributed by atoms with Gasteiger partial charge in [0.25, 0.3) is 0 Å². The molecule has 0 saturated carbocycles. The first-order valence-electron chi connectivity index (χ1n) is 6.30. The molecular weight excluding hydrogens is 310 g/mol. The third-order valence-corrected chi connectivity index (χ3v) is 4.10. The summed E-state index contributed by atoms with van der Waals surface area (Å²) in [4.78, 5) is 24.6. The molecule has 1 aromatic heterocycles. The summed E-state index contributed by atoms with van der Waals surface area (Å²) in [6.07, 6.45) is 1.08. The summed E-state index contributed by atoms with van der Waals surface area (Å²) in [6.45, 7) is 0. The molecular formula is C15H14ClNO3S. The zero-order valence-corrected chi connectivity index (χ0v) is 13.0. The predicted molar refractivity (Wildman–Crippen MR) is 84.1 cm³/mol. The van der Waals surface area contributed by atoms with Crippen LogP contribution in [0.2, 0.25) is 5.02 Å². The summed E-state index contributed by atoms with van der Waals surface area (Å²) in [5, 5.41) is 5.02. The van der Waals surface area contributed by atoms with Crippen LogP contribution in [-0.4, -0.2) is 19.0 Å². The van der Waals surface area contributed by atoms with E-state index in [0.717, 1.165) is 4.88 Å². The molecule has 0 radical (unpaired) electrons. The molecule has 2 aromatic rings. The smallest absolute Gasteiger partial charge is 0.339 e. The number of rotatable bonds is 5. The van der Waals surface area contributed by atoms with E-state index in [0.29, 0.717) is 23.6 Å². The lowest BCUT2D eigenvalue weighted by Crippen LogP contribution is -2.13. The molecule has 1 heterocycles. The van der Waals surface area contributed by atoms with E-state index in [9.17, 15) is 9.59 Å². The van der Waals surface area contributed by atoms with Gasteiger partial charge < -0.3 is 10.1 Å². The molecule has 0 spiro atoms. The lowest BCUT2D eigenvalue weighted by molar-refractivity contribution is -0.116. The van der Waals surface area contributed by atoms with Crippen LogP contribution in [0.4, 0.5) is 5.69 Å². The number of thiophene rings is 1. The highest BCUT2D eigenvalue weighted by Crippen LogP contribution is 2.21. The van der Waals surface area contributed by atoms with Crippen LogP contribution >= 0.6 is 22.9 Å². The molecule has 6 heteroatoms. The van der Waals surface area contributed by atoms with Crippen molar-refractivity contribution in [2.75, 3.05) is 12.4 Å². The molecule has 0 unspecified atom stereocenters. The lowest BCUT2D eigenvalue weighted by Gasteiger charge is -2.08. The van der Waals surface area contributed by atoms with Crippen LogP contribution in [0.3, 0.4) is 0 Å². The first-order valence-corrected chi connectivity index (χ1v) is 7.56. The van der Waals surface area contributed by atoms with Crippen LogP contribution < -0.4 is 5.32 Å². The monoisotopic (exact) mass is 323 g/mol. The number of methoxy groups -OCH3 is 1. The van der Waals surface area contributed by atoms with Crippen molar-refractivity contribution in [2.45, 2.75) is 12.8 Å². The Bertz CT molecular complexity index is 640. The number of halogens is 1. The van der Waals surface area contributed by atoms with Gasteiger partial charge in [-0.3, -0.25) is 4.79 Å². The molecule has 21 heavy (non-hydrogen) atoms. The van der Waals surface area contributed by atoms with E-state index in [1.807, 2.05) is 17.5 Å².